The van der Waals surface area contributed by atoms with Crippen molar-refractivity contribution in [2.24, 2.45) is 7.05 Å². The molecule has 1 unspecified atom stereocenters. The Labute approximate surface area is 218 Å². The van der Waals surface area contributed by atoms with Gasteiger partial charge in [-0.25, -0.2) is 4.98 Å². The molecule has 1 aliphatic carbocycles. The molecule has 2 atom stereocenters. The lowest BCUT2D eigenvalue weighted by Crippen LogP contribution is -2.48. The number of carbonyl (C=O) groups excluding carboxylic acids is 1. The average molecular weight is 532 g/mol. The van der Waals surface area contributed by atoms with Crippen LogP contribution in [0.3, 0.4) is 0 Å². The van der Waals surface area contributed by atoms with Gasteiger partial charge in [0.15, 0.2) is 0 Å². The number of fused-ring (bicyclic) bond motifs is 1. The van der Waals surface area contributed by atoms with Crippen LogP contribution >= 0.6 is 23.2 Å². The van der Waals surface area contributed by atoms with Crippen LogP contribution in [0.1, 0.15) is 25.7 Å². The molecule has 4 rings (SSSR count). The van der Waals surface area contributed by atoms with Crippen LogP contribution in [0.15, 0.2) is 35.8 Å². The Kier molecular flexibility index (Phi) is 7.70. The maximum absolute atomic E-state index is 13.4. The van der Waals surface area contributed by atoms with Crippen LogP contribution < -0.4 is 25.7 Å². The van der Waals surface area contributed by atoms with Crippen molar-refractivity contribution < 1.29 is 14.3 Å². The quantitative estimate of drug-likeness (QED) is 0.436. The van der Waals surface area contributed by atoms with Crippen LogP contribution in [0, 0.1) is 0 Å². The smallest absolute Gasteiger partial charge is 0.259 e. The van der Waals surface area contributed by atoms with E-state index in [9.17, 15) is 9.59 Å². The van der Waals surface area contributed by atoms with Gasteiger partial charge in [-0.3, -0.25) is 14.2 Å². The van der Waals surface area contributed by atoms with Crippen molar-refractivity contribution in [3.05, 3.63) is 51.4 Å². The van der Waals surface area contributed by atoms with Gasteiger partial charge in [0.05, 0.1) is 29.8 Å². The molecule has 9 nitrogen and oxygen atoms in total. The van der Waals surface area contributed by atoms with E-state index in [0.717, 1.165) is 25.7 Å². The molecule has 2 aromatic heterocycles. The number of methoxy groups -OCH3 is 2. The summed E-state index contributed by atoms with van der Waals surface area (Å²) >= 11 is 13.1. The third kappa shape index (κ3) is 4.85. The number of rotatable bonds is 7. The highest BCUT2D eigenvalue weighted by Crippen LogP contribution is 2.45. The van der Waals surface area contributed by atoms with E-state index in [1.54, 1.807) is 25.4 Å². The van der Waals surface area contributed by atoms with Crippen LogP contribution in [0.4, 0.5) is 5.95 Å². The zero-order chi connectivity index (χ0) is 26.0. The number of benzene rings is 1. The van der Waals surface area contributed by atoms with Gasteiger partial charge in [-0.1, -0.05) is 42.6 Å². The number of nitrogens with one attached hydrogen (secondary N) is 2. The van der Waals surface area contributed by atoms with Gasteiger partial charge in [0, 0.05) is 42.3 Å². The number of anilines is 1. The van der Waals surface area contributed by atoms with Crippen molar-refractivity contribution in [3.8, 4) is 22.6 Å². The van der Waals surface area contributed by atoms with Crippen molar-refractivity contribution in [1.29, 1.82) is 0 Å². The molecular formula is C25H27Cl2N5O4. The highest BCUT2D eigenvalue weighted by Gasteiger charge is 2.27. The molecule has 0 aliphatic heterocycles. The van der Waals surface area contributed by atoms with E-state index in [-0.39, 0.29) is 39.2 Å². The van der Waals surface area contributed by atoms with Crippen LogP contribution in [0.25, 0.3) is 22.2 Å². The first-order chi connectivity index (χ1) is 17.3. The summed E-state index contributed by atoms with van der Waals surface area (Å²) in [5.74, 6) is 0.816. The number of ether oxygens (including phenoxy) is 2. The summed E-state index contributed by atoms with van der Waals surface area (Å²) in [5.41, 5.74) is 0.661. The predicted octanol–water partition coefficient (Wildman–Crippen LogP) is 4.34. The molecule has 1 amide bonds. The standard InChI is InChI=1S/C25H27Cl2N5O4/c1-5-19(33)29-15-8-6-7-9-16(15)30-25-28-12-13-10-14(24(34)32(2)23(13)31-25)20-21(26)17(35-3)11-18(36-4)22(20)27/h5,10-12,15-16H,1,6-9H2,2-4H3,(H,29,33)(H,28,30,31)/t15?,16-/m1/s1. The zero-order valence-electron chi connectivity index (χ0n) is 20.2. The first-order valence-corrected chi connectivity index (χ1v) is 12.2. The minimum atomic E-state index is -0.347. The van der Waals surface area contributed by atoms with E-state index in [4.69, 9.17) is 32.7 Å². The summed E-state index contributed by atoms with van der Waals surface area (Å²) in [5, 5.41) is 7.32. The Morgan fingerprint density at radius 3 is 2.39 bits per heavy atom. The first kappa shape index (κ1) is 25.8. The van der Waals surface area contributed by atoms with E-state index >= 15 is 0 Å². The SMILES string of the molecule is C=CC(=O)NC1CCCC[C@H]1Nc1ncc2cc(-c3c(Cl)c(OC)cc(OC)c3Cl)c(=O)n(C)c2n1. The average Bonchev–Trinajstić information content (AvgIpc) is 2.88. The van der Waals surface area contributed by atoms with Gasteiger partial charge in [-0.15, -0.1) is 0 Å². The van der Waals surface area contributed by atoms with Crippen molar-refractivity contribution in [2.75, 3.05) is 19.5 Å². The van der Waals surface area contributed by atoms with Gasteiger partial charge in [-0.05, 0) is 25.0 Å². The van der Waals surface area contributed by atoms with Crippen LogP contribution in [0.2, 0.25) is 10.0 Å². The molecule has 1 saturated carbocycles. The lowest BCUT2D eigenvalue weighted by Gasteiger charge is -2.32. The van der Waals surface area contributed by atoms with E-state index in [0.29, 0.717) is 34.0 Å². The summed E-state index contributed by atoms with van der Waals surface area (Å²) in [4.78, 5) is 34.3. The second-order valence-corrected chi connectivity index (χ2v) is 9.29. The molecule has 190 valence electrons. The largest absolute Gasteiger partial charge is 0.495 e. The van der Waals surface area contributed by atoms with Gasteiger partial charge >= 0.3 is 0 Å². The van der Waals surface area contributed by atoms with Gasteiger partial charge in [0.25, 0.3) is 5.56 Å². The Balaban J connectivity index is 1.75. The number of pyridine rings is 1. The summed E-state index contributed by atoms with van der Waals surface area (Å²) < 4.78 is 12.1. The van der Waals surface area contributed by atoms with Crippen LogP contribution in [-0.2, 0) is 11.8 Å². The van der Waals surface area contributed by atoms with Crippen LogP contribution in [-0.4, -0.2) is 46.7 Å². The lowest BCUT2D eigenvalue weighted by molar-refractivity contribution is -0.117. The highest BCUT2D eigenvalue weighted by molar-refractivity contribution is 6.41. The Bertz CT molecular complexity index is 1360. The molecule has 1 aromatic carbocycles. The molecule has 2 N–H and O–H groups in total. The minimum Gasteiger partial charge on any atom is -0.495 e. The second-order valence-electron chi connectivity index (χ2n) is 8.53. The molecule has 0 saturated heterocycles. The number of hydrogen-bond donors (Lipinski definition) is 2. The Morgan fingerprint density at radius 1 is 1.14 bits per heavy atom. The molecule has 1 fully saturated rings. The third-order valence-corrected chi connectivity index (χ3v) is 7.14. The highest BCUT2D eigenvalue weighted by atomic mass is 35.5. The molecule has 0 bridgehead atoms. The van der Waals surface area contributed by atoms with Crippen molar-refractivity contribution in [3.63, 3.8) is 0 Å². The number of carbonyl (C=O) groups is 1. The molecule has 3 aromatic rings. The van der Waals surface area contributed by atoms with Crippen molar-refractivity contribution in [2.45, 2.75) is 37.8 Å². The lowest BCUT2D eigenvalue weighted by atomic mass is 9.90. The van der Waals surface area contributed by atoms with Gasteiger partial charge in [0.2, 0.25) is 11.9 Å². The number of nitrogens with zero attached hydrogens (tertiary/aromatic N) is 3. The fourth-order valence-electron chi connectivity index (χ4n) is 4.50. The van der Waals surface area contributed by atoms with Gasteiger partial charge < -0.3 is 20.1 Å². The topological polar surface area (TPSA) is 107 Å². The Hall–Kier alpha value is -3.30. The maximum atomic E-state index is 13.4. The second kappa shape index (κ2) is 10.8. The number of halogens is 2. The summed E-state index contributed by atoms with van der Waals surface area (Å²) in [6.45, 7) is 3.53. The van der Waals surface area contributed by atoms with E-state index in [1.165, 1.54) is 24.9 Å². The van der Waals surface area contributed by atoms with E-state index in [2.05, 4.69) is 27.2 Å². The third-order valence-electron chi connectivity index (χ3n) is 6.39. The molecule has 0 radical (unpaired) electrons. The molecule has 11 heteroatoms. The van der Waals surface area contributed by atoms with Crippen molar-refractivity contribution >= 4 is 46.1 Å². The normalized spacial score (nSPS) is 17.5. The molecular weight excluding hydrogens is 505 g/mol. The van der Waals surface area contributed by atoms with Gasteiger partial charge in [0.1, 0.15) is 17.1 Å². The summed E-state index contributed by atoms with van der Waals surface area (Å²) in [6.07, 6.45) is 6.65. The van der Waals surface area contributed by atoms with Crippen molar-refractivity contribution in [1.82, 2.24) is 19.9 Å². The van der Waals surface area contributed by atoms with E-state index < -0.39 is 0 Å². The number of amides is 1. The molecule has 36 heavy (non-hydrogen) atoms. The summed E-state index contributed by atoms with van der Waals surface area (Å²) in [7, 11) is 4.57. The fraction of sp³-hybridized carbons (Fsp3) is 0.360. The number of hydrogen-bond acceptors (Lipinski definition) is 7. The fourth-order valence-corrected chi connectivity index (χ4v) is 5.21. The summed E-state index contributed by atoms with van der Waals surface area (Å²) in [6, 6.07) is 3.11. The van der Waals surface area contributed by atoms with Crippen LogP contribution in [0.5, 0.6) is 11.5 Å². The first-order valence-electron chi connectivity index (χ1n) is 11.5. The number of aryl methyl sites for hydroxylation is 1. The monoisotopic (exact) mass is 531 g/mol. The number of aromatic nitrogens is 3. The zero-order valence-corrected chi connectivity index (χ0v) is 21.7. The maximum Gasteiger partial charge on any atom is 0.259 e. The van der Waals surface area contributed by atoms with Gasteiger partial charge in [-0.2, -0.15) is 4.98 Å². The predicted molar refractivity (Wildman–Crippen MR) is 141 cm³/mol. The molecule has 0 spiro atoms. The molecule has 2 heterocycles. The molecule has 1 aliphatic rings. The van der Waals surface area contributed by atoms with E-state index in [1.807, 2.05) is 0 Å². The minimum absolute atomic E-state index is 0.0433. The Morgan fingerprint density at radius 2 is 1.78 bits per heavy atom.